The molecule has 0 saturated heterocycles. The number of benzene rings is 1. The first-order valence-electron chi connectivity index (χ1n) is 4.16. The fraction of sp³-hybridized carbons (Fsp3) is 0.100. The van der Waals surface area contributed by atoms with Gasteiger partial charge < -0.3 is 0 Å². The van der Waals surface area contributed by atoms with E-state index in [4.69, 9.17) is 11.6 Å². The summed E-state index contributed by atoms with van der Waals surface area (Å²) in [5, 5.41) is 0. The van der Waals surface area contributed by atoms with E-state index < -0.39 is 0 Å². The normalized spacial score (nSPS) is 9.73. The molecular weight excluding hydrogens is 238 g/mol. The van der Waals surface area contributed by atoms with Gasteiger partial charge in [0.05, 0.1) is 11.6 Å². The SMILES string of the molecule is Cl.Fc1ccccc1-n1ccnc1CCl. The van der Waals surface area contributed by atoms with Gasteiger partial charge in [0.1, 0.15) is 11.6 Å². The summed E-state index contributed by atoms with van der Waals surface area (Å²) in [6, 6.07) is 6.52. The van der Waals surface area contributed by atoms with E-state index in [-0.39, 0.29) is 24.1 Å². The Hall–Kier alpha value is -1.06. The molecule has 0 amide bonds. The fourth-order valence-electron chi connectivity index (χ4n) is 1.30. The minimum Gasteiger partial charge on any atom is -0.300 e. The Labute approximate surface area is 98.1 Å². The summed E-state index contributed by atoms with van der Waals surface area (Å²) in [6.45, 7) is 0. The molecule has 1 heterocycles. The smallest absolute Gasteiger partial charge is 0.147 e. The van der Waals surface area contributed by atoms with Gasteiger partial charge in [0.15, 0.2) is 0 Å². The van der Waals surface area contributed by atoms with Crippen molar-refractivity contribution in [3.63, 3.8) is 0 Å². The van der Waals surface area contributed by atoms with Gasteiger partial charge in [-0.2, -0.15) is 0 Å². The van der Waals surface area contributed by atoms with Gasteiger partial charge in [-0.25, -0.2) is 9.37 Å². The molecule has 0 aliphatic heterocycles. The molecule has 2 rings (SSSR count). The zero-order valence-electron chi connectivity index (χ0n) is 7.73. The number of hydrogen-bond acceptors (Lipinski definition) is 1. The Morgan fingerprint density at radius 1 is 1.33 bits per heavy atom. The lowest BCUT2D eigenvalue weighted by Crippen LogP contribution is -2.00. The maximum Gasteiger partial charge on any atom is 0.147 e. The minimum atomic E-state index is -0.281. The molecule has 1 aromatic heterocycles. The zero-order valence-corrected chi connectivity index (χ0v) is 9.30. The standard InChI is InChI=1S/C10H8ClFN2.ClH/c11-7-10-13-5-6-14(10)9-4-2-1-3-8(9)12;/h1-6H,7H2;1H. The number of hydrogen-bond donors (Lipinski definition) is 0. The van der Waals surface area contributed by atoms with E-state index >= 15 is 0 Å². The number of aromatic nitrogens is 2. The Balaban J connectivity index is 0.00000112. The van der Waals surface area contributed by atoms with E-state index in [0.29, 0.717) is 11.5 Å². The maximum absolute atomic E-state index is 13.4. The van der Waals surface area contributed by atoms with Crippen LogP contribution in [-0.2, 0) is 5.88 Å². The van der Waals surface area contributed by atoms with Gasteiger partial charge in [-0.05, 0) is 12.1 Å². The average Bonchev–Trinajstić information content (AvgIpc) is 2.66. The molecule has 0 N–H and O–H groups in total. The van der Waals surface area contributed by atoms with Crippen LogP contribution in [0, 0.1) is 5.82 Å². The number of imidazole rings is 1. The zero-order chi connectivity index (χ0) is 9.97. The number of halogens is 3. The van der Waals surface area contributed by atoms with Crippen LogP contribution in [0.15, 0.2) is 36.7 Å². The Kier molecular flexibility index (Phi) is 4.12. The second-order valence-corrected chi connectivity index (χ2v) is 3.07. The number of rotatable bonds is 2. The van der Waals surface area contributed by atoms with Gasteiger partial charge in [0.25, 0.3) is 0 Å². The molecule has 0 unspecified atom stereocenters. The van der Waals surface area contributed by atoms with Crippen LogP contribution in [0.4, 0.5) is 4.39 Å². The largest absolute Gasteiger partial charge is 0.300 e. The summed E-state index contributed by atoms with van der Waals surface area (Å²) < 4.78 is 15.0. The molecule has 2 nitrogen and oxygen atoms in total. The average molecular weight is 247 g/mol. The lowest BCUT2D eigenvalue weighted by molar-refractivity contribution is 0.616. The quantitative estimate of drug-likeness (QED) is 0.745. The van der Waals surface area contributed by atoms with Gasteiger partial charge in [-0.15, -0.1) is 24.0 Å². The summed E-state index contributed by atoms with van der Waals surface area (Å²) in [6.07, 6.45) is 3.29. The van der Waals surface area contributed by atoms with Gasteiger partial charge >= 0.3 is 0 Å². The summed E-state index contributed by atoms with van der Waals surface area (Å²) >= 11 is 5.67. The second-order valence-electron chi connectivity index (χ2n) is 2.80. The highest BCUT2D eigenvalue weighted by Crippen LogP contribution is 2.15. The van der Waals surface area contributed by atoms with Crippen molar-refractivity contribution in [2.75, 3.05) is 0 Å². The third-order valence-corrected chi connectivity index (χ3v) is 2.19. The van der Waals surface area contributed by atoms with E-state index in [1.54, 1.807) is 35.2 Å². The molecule has 0 fully saturated rings. The molecular formula is C10H9Cl2FN2. The summed E-state index contributed by atoms with van der Waals surface area (Å²) in [5.41, 5.74) is 0.473. The van der Waals surface area contributed by atoms with Crippen molar-refractivity contribution in [2.45, 2.75) is 5.88 Å². The minimum absolute atomic E-state index is 0. The molecule has 2 aromatic rings. The summed E-state index contributed by atoms with van der Waals surface area (Å²) in [4.78, 5) is 4.02. The molecule has 0 bridgehead atoms. The van der Waals surface area contributed by atoms with Crippen molar-refractivity contribution in [1.82, 2.24) is 9.55 Å². The lowest BCUT2D eigenvalue weighted by Gasteiger charge is -2.06. The molecule has 0 radical (unpaired) electrons. The van der Waals surface area contributed by atoms with E-state index in [2.05, 4.69) is 4.98 Å². The van der Waals surface area contributed by atoms with Crippen molar-refractivity contribution in [1.29, 1.82) is 0 Å². The van der Waals surface area contributed by atoms with Gasteiger partial charge in [0.2, 0.25) is 0 Å². The highest BCUT2D eigenvalue weighted by atomic mass is 35.5. The van der Waals surface area contributed by atoms with Crippen LogP contribution in [-0.4, -0.2) is 9.55 Å². The van der Waals surface area contributed by atoms with Crippen LogP contribution in [0.2, 0.25) is 0 Å². The molecule has 0 aliphatic carbocycles. The van der Waals surface area contributed by atoms with E-state index in [1.165, 1.54) is 6.07 Å². The van der Waals surface area contributed by atoms with Gasteiger partial charge in [-0.1, -0.05) is 12.1 Å². The number of para-hydroxylation sites is 1. The Morgan fingerprint density at radius 3 is 2.73 bits per heavy atom. The van der Waals surface area contributed by atoms with Crippen molar-refractivity contribution in [3.05, 3.63) is 48.3 Å². The Bertz CT molecular complexity index is 442. The molecule has 0 atom stereocenters. The van der Waals surface area contributed by atoms with E-state index in [1.807, 2.05) is 0 Å². The summed E-state index contributed by atoms with van der Waals surface area (Å²) in [7, 11) is 0. The lowest BCUT2D eigenvalue weighted by atomic mass is 10.3. The van der Waals surface area contributed by atoms with E-state index in [9.17, 15) is 4.39 Å². The molecule has 0 aliphatic rings. The third-order valence-electron chi connectivity index (χ3n) is 1.95. The predicted molar refractivity (Wildman–Crippen MR) is 60.3 cm³/mol. The number of nitrogens with zero attached hydrogens (tertiary/aromatic N) is 2. The van der Waals surface area contributed by atoms with Crippen molar-refractivity contribution < 1.29 is 4.39 Å². The van der Waals surface area contributed by atoms with E-state index in [0.717, 1.165) is 0 Å². The van der Waals surface area contributed by atoms with Crippen LogP contribution in [0.3, 0.4) is 0 Å². The van der Waals surface area contributed by atoms with Crippen LogP contribution in [0.5, 0.6) is 0 Å². The number of alkyl halides is 1. The van der Waals surface area contributed by atoms with Crippen LogP contribution >= 0.6 is 24.0 Å². The molecule has 1 aromatic carbocycles. The van der Waals surface area contributed by atoms with Crippen molar-refractivity contribution in [3.8, 4) is 5.69 Å². The first-order valence-corrected chi connectivity index (χ1v) is 4.69. The molecule has 0 saturated carbocycles. The molecule has 80 valence electrons. The second kappa shape index (κ2) is 5.14. The monoisotopic (exact) mass is 246 g/mol. The van der Waals surface area contributed by atoms with Crippen molar-refractivity contribution >= 4 is 24.0 Å². The van der Waals surface area contributed by atoms with Crippen LogP contribution in [0.1, 0.15) is 5.82 Å². The molecule has 0 spiro atoms. The molecule has 5 heteroatoms. The van der Waals surface area contributed by atoms with Gasteiger partial charge in [-0.3, -0.25) is 4.57 Å². The third kappa shape index (κ3) is 2.30. The van der Waals surface area contributed by atoms with Gasteiger partial charge in [0, 0.05) is 12.4 Å². The van der Waals surface area contributed by atoms with Crippen LogP contribution < -0.4 is 0 Å². The topological polar surface area (TPSA) is 17.8 Å². The van der Waals surface area contributed by atoms with Crippen LogP contribution in [0.25, 0.3) is 5.69 Å². The molecule has 15 heavy (non-hydrogen) atoms. The first kappa shape index (κ1) is 12.0. The Morgan fingerprint density at radius 2 is 2.07 bits per heavy atom. The van der Waals surface area contributed by atoms with Crippen molar-refractivity contribution in [2.24, 2.45) is 0 Å². The highest BCUT2D eigenvalue weighted by molar-refractivity contribution is 6.16. The maximum atomic E-state index is 13.4. The summed E-state index contributed by atoms with van der Waals surface area (Å²) in [5.74, 6) is 0.620. The first-order chi connectivity index (χ1) is 6.83. The predicted octanol–water partition coefficient (Wildman–Crippen LogP) is 3.17. The highest BCUT2D eigenvalue weighted by Gasteiger charge is 2.06. The fourth-order valence-corrected chi connectivity index (χ4v) is 1.50.